The maximum Gasteiger partial charge on any atom is 0.168 e. The topological polar surface area (TPSA) is 50.2 Å². The maximum absolute atomic E-state index is 11.7. The number of carbonyl (C=O) groups excluding carboxylic acids is 1. The molecule has 0 aliphatic heterocycles. The molecule has 4 heteroatoms. The van der Waals surface area contributed by atoms with E-state index in [4.69, 9.17) is 0 Å². The average Bonchev–Trinajstić information content (AvgIpc) is 2.17. The first kappa shape index (κ1) is 12.3. The van der Waals surface area contributed by atoms with Gasteiger partial charge < -0.3 is 5.11 Å². The first-order valence-electron chi connectivity index (χ1n) is 4.81. The lowest BCUT2D eigenvalue weighted by molar-refractivity contribution is -0.135. The van der Waals surface area contributed by atoms with Crippen molar-refractivity contribution in [1.29, 1.82) is 0 Å². The number of halogens is 1. The van der Waals surface area contributed by atoms with E-state index in [1.54, 1.807) is 26.2 Å². The maximum atomic E-state index is 11.7. The highest BCUT2D eigenvalue weighted by Crippen LogP contribution is 2.15. The van der Waals surface area contributed by atoms with E-state index in [2.05, 4.69) is 20.9 Å². The molecule has 0 aliphatic rings. The fraction of sp³-hybridized carbons (Fsp3) is 0.455. The van der Waals surface area contributed by atoms with Crippen molar-refractivity contribution in [3.8, 4) is 0 Å². The smallest absolute Gasteiger partial charge is 0.168 e. The molecule has 1 aromatic heterocycles. The summed E-state index contributed by atoms with van der Waals surface area (Å²) in [5.74, 6) is -0.176. The molecule has 0 fully saturated rings. The molecule has 3 nitrogen and oxygen atoms in total. The highest BCUT2D eigenvalue weighted by atomic mass is 79.9. The predicted molar refractivity (Wildman–Crippen MR) is 61.6 cm³/mol. The normalized spacial score (nSPS) is 14.7. The summed E-state index contributed by atoms with van der Waals surface area (Å²) in [6, 6.07) is 1.83. The zero-order valence-corrected chi connectivity index (χ0v) is 10.4. The molecule has 1 aromatic rings. The van der Waals surface area contributed by atoms with E-state index < -0.39 is 5.60 Å². The summed E-state index contributed by atoms with van der Waals surface area (Å²) in [4.78, 5) is 15.6. The molecule has 1 rings (SSSR count). The van der Waals surface area contributed by atoms with Crippen LogP contribution in [-0.2, 0) is 11.2 Å². The lowest BCUT2D eigenvalue weighted by atomic mass is 9.93. The summed E-state index contributed by atoms with van der Waals surface area (Å²) in [6.07, 6.45) is 3.93. The highest BCUT2D eigenvalue weighted by Gasteiger charge is 2.27. The number of nitrogens with zero attached hydrogens (tertiary/aromatic N) is 1. The number of aromatic nitrogens is 1. The fourth-order valence-corrected chi connectivity index (χ4v) is 1.54. The van der Waals surface area contributed by atoms with Gasteiger partial charge in [-0.2, -0.15) is 0 Å². The molecule has 0 aromatic carbocycles. The minimum Gasteiger partial charge on any atom is -0.382 e. The van der Waals surface area contributed by atoms with Crippen molar-refractivity contribution in [3.05, 3.63) is 28.5 Å². The summed E-state index contributed by atoms with van der Waals surface area (Å²) < 4.78 is 0.837. The molecule has 0 radical (unpaired) electrons. The zero-order valence-electron chi connectivity index (χ0n) is 8.83. The summed E-state index contributed by atoms with van der Waals surface area (Å²) in [7, 11) is 0. The molecule has 0 amide bonds. The van der Waals surface area contributed by atoms with Crippen molar-refractivity contribution in [2.75, 3.05) is 0 Å². The number of hydrogen-bond acceptors (Lipinski definition) is 3. The Morgan fingerprint density at radius 2 is 2.27 bits per heavy atom. The molecule has 0 spiro atoms. The van der Waals surface area contributed by atoms with Crippen LogP contribution in [0.5, 0.6) is 0 Å². The van der Waals surface area contributed by atoms with E-state index in [1.807, 2.05) is 6.07 Å². The lowest BCUT2D eigenvalue weighted by Crippen LogP contribution is -2.35. The van der Waals surface area contributed by atoms with E-state index >= 15 is 0 Å². The second-order valence-corrected chi connectivity index (χ2v) is 4.65. The molecule has 0 saturated carbocycles. The fourth-order valence-electron chi connectivity index (χ4n) is 1.13. The zero-order chi connectivity index (χ0) is 11.5. The molecule has 1 unspecified atom stereocenters. The van der Waals surface area contributed by atoms with Crippen molar-refractivity contribution in [3.63, 3.8) is 0 Å². The molecule has 1 atom stereocenters. The van der Waals surface area contributed by atoms with E-state index in [0.29, 0.717) is 6.42 Å². The minimum absolute atomic E-state index is 0.176. The van der Waals surface area contributed by atoms with Gasteiger partial charge in [0, 0.05) is 23.3 Å². The molecular formula is C11H14BrNO2. The third-order valence-corrected chi connectivity index (χ3v) is 2.85. The van der Waals surface area contributed by atoms with Gasteiger partial charge in [-0.15, -0.1) is 0 Å². The first-order chi connectivity index (χ1) is 6.95. The molecule has 1 N–H and O–H groups in total. The van der Waals surface area contributed by atoms with Crippen molar-refractivity contribution >= 4 is 21.7 Å². The van der Waals surface area contributed by atoms with Crippen LogP contribution >= 0.6 is 15.9 Å². The van der Waals surface area contributed by atoms with Crippen molar-refractivity contribution < 1.29 is 9.90 Å². The number of hydrogen-bond donors (Lipinski definition) is 1. The van der Waals surface area contributed by atoms with Gasteiger partial charge in [0.25, 0.3) is 0 Å². The Balaban J connectivity index is 2.75. The predicted octanol–water partition coefficient (Wildman–Crippen LogP) is 2.12. The van der Waals surface area contributed by atoms with Gasteiger partial charge in [-0.25, -0.2) is 0 Å². The SMILES string of the molecule is CCC(C)(O)C(=O)Cc1cncc(Br)c1. The van der Waals surface area contributed by atoms with Gasteiger partial charge in [-0.1, -0.05) is 6.92 Å². The van der Waals surface area contributed by atoms with Crippen LogP contribution in [0.3, 0.4) is 0 Å². The molecular weight excluding hydrogens is 258 g/mol. The number of Topliss-reactive ketones (excluding diaryl/α,β-unsaturated/α-hetero) is 1. The Morgan fingerprint density at radius 1 is 1.60 bits per heavy atom. The van der Waals surface area contributed by atoms with E-state index in [0.717, 1.165) is 10.0 Å². The average molecular weight is 272 g/mol. The van der Waals surface area contributed by atoms with Crippen LogP contribution in [0.4, 0.5) is 0 Å². The van der Waals surface area contributed by atoms with E-state index in [1.165, 1.54) is 0 Å². The highest BCUT2D eigenvalue weighted by molar-refractivity contribution is 9.10. The molecule has 82 valence electrons. The van der Waals surface area contributed by atoms with Crippen LogP contribution in [0.1, 0.15) is 25.8 Å². The number of rotatable bonds is 4. The second-order valence-electron chi connectivity index (χ2n) is 3.74. The summed E-state index contributed by atoms with van der Waals surface area (Å²) in [5, 5.41) is 9.74. The Labute approximate surface area is 97.7 Å². The van der Waals surface area contributed by atoms with Gasteiger partial charge in [0.05, 0.1) is 0 Å². The van der Waals surface area contributed by atoms with Crippen LogP contribution in [0.2, 0.25) is 0 Å². The van der Waals surface area contributed by atoms with Gasteiger partial charge in [0.15, 0.2) is 5.78 Å². The Morgan fingerprint density at radius 3 is 2.80 bits per heavy atom. The van der Waals surface area contributed by atoms with Gasteiger partial charge >= 0.3 is 0 Å². The van der Waals surface area contributed by atoms with Crippen LogP contribution < -0.4 is 0 Å². The second kappa shape index (κ2) is 4.86. The molecule has 1 heterocycles. The lowest BCUT2D eigenvalue weighted by Gasteiger charge is -2.19. The number of ketones is 1. The van der Waals surface area contributed by atoms with Crippen molar-refractivity contribution in [2.45, 2.75) is 32.3 Å². The third-order valence-electron chi connectivity index (χ3n) is 2.42. The van der Waals surface area contributed by atoms with E-state index in [-0.39, 0.29) is 12.2 Å². The van der Waals surface area contributed by atoms with Crippen LogP contribution in [0, 0.1) is 0 Å². The molecule has 0 saturated heterocycles. The van der Waals surface area contributed by atoms with Gasteiger partial charge in [-0.05, 0) is 40.9 Å². The largest absolute Gasteiger partial charge is 0.382 e. The Kier molecular flexibility index (Phi) is 3.99. The van der Waals surface area contributed by atoms with Crippen molar-refractivity contribution in [1.82, 2.24) is 4.98 Å². The van der Waals surface area contributed by atoms with Gasteiger partial charge in [0.2, 0.25) is 0 Å². The molecule has 0 aliphatic carbocycles. The van der Waals surface area contributed by atoms with Crippen molar-refractivity contribution in [2.24, 2.45) is 0 Å². The van der Waals surface area contributed by atoms with Crippen LogP contribution in [-0.4, -0.2) is 21.5 Å². The molecule has 15 heavy (non-hydrogen) atoms. The minimum atomic E-state index is -1.23. The summed E-state index contributed by atoms with van der Waals surface area (Å²) in [6.45, 7) is 3.33. The third kappa shape index (κ3) is 3.39. The number of pyridine rings is 1. The van der Waals surface area contributed by atoms with E-state index in [9.17, 15) is 9.90 Å². The van der Waals surface area contributed by atoms with Gasteiger partial charge in [-0.3, -0.25) is 9.78 Å². The summed E-state index contributed by atoms with van der Waals surface area (Å²) >= 11 is 3.28. The Hall–Kier alpha value is -0.740. The number of aliphatic hydroxyl groups is 1. The summed E-state index contributed by atoms with van der Waals surface area (Å²) in [5.41, 5.74) is -0.425. The van der Waals surface area contributed by atoms with Gasteiger partial charge in [0.1, 0.15) is 5.60 Å². The standard InChI is InChI=1S/C11H14BrNO2/c1-3-11(2,15)10(14)5-8-4-9(12)7-13-6-8/h4,6-7,15H,3,5H2,1-2H3. The first-order valence-corrected chi connectivity index (χ1v) is 5.60. The monoisotopic (exact) mass is 271 g/mol. The molecule has 0 bridgehead atoms. The number of carbonyl (C=O) groups is 1. The Bertz CT molecular complexity index is 363. The quantitative estimate of drug-likeness (QED) is 0.913. The van der Waals surface area contributed by atoms with Crippen LogP contribution in [0.25, 0.3) is 0 Å². The van der Waals surface area contributed by atoms with Crippen LogP contribution in [0.15, 0.2) is 22.9 Å².